The van der Waals surface area contributed by atoms with E-state index < -0.39 is 5.82 Å². The first-order chi connectivity index (χ1) is 16.5. The maximum atomic E-state index is 13.5. The second kappa shape index (κ2) is 11.1. The van der Waals surface area contributed by atoms with E-state index in [-0.39, 0.29) is 11.0 Å². The van der Waals surface area contributed by atoms with Crippen molar-refractivity contribution < 1.29 is 13.9 Å². The van der Waals surface area contributed by atoms with Gasteiger partial charge in [0.15, 0.2) is 0 Å². The summed E-state index contributed by atoms with van der Waals surface area (Å²) in [5.74, 6) is 0.387. The van der Waals surface area contributed by atoms with Crippen molar-refractivity contribution in [2.24, 2.45) is 0 Å². The minimum absolute atomic E-state index is 0.0329. The summed E-state index contributed by atoms with van der Waals surface area (Å²) in [6, 6.07) is 12.3. The molecule has 0 spiro atoms. The first kappa shape index (κ1) is 23.7. The zero-order chi connectivity index (χ0) is 23.9. The molecule has 2 aromatic carbocycles. The Balaban J connectivity index is 1.67. The summed E-state index contributed by atoms with van der Waals surface area (Å²) >= 11 is 5.92. The minimum Gasteiger partial charge on any atom is -0.463 e. The summed E-state index contributed by atoms with van der Waals surface area (Å²) in [7, 11) is 0. The molecular formula is C26H26ClFN4O2. The number of carbonyl (C=O) groups excluding carboxylic acids is 1. The summed E-state index contributed by atoms with van der Waals surface area (Å²) in [5.41, 5.74) is 3.33. The standard InChI is InChI=1S/C26H26ClFN4O2/c1-2-34-24(33)12-9-18-7-6-8-19(15-18)21-17-29-26(30-20-10-11-23(28)22(27)16-20)31-25(21)32-13-4-3-5-14-32/h6-12,15-17H,2-5,13-14H2,1H3,(H,29,30,31). The van der Waals surface area contributed by atoms with E-state index in [0.29, 0.717) is 18.2 Å². The lowest BCUT2D eigenvalue weighted by Gasteiger charge is -2.29. The lowest BCUT2D eigenvalue weighted by Crippen LogP contribution is -2.31. The highest BCUT2D eigenvalue weighted by atomic mass is 35.5. The molecule has 0 saturated carbocycles. The Morgan fingerprint density at radius 2 is 2.03 bits per heavy atom. The Morgan fingerprint density at radius 1 is 1.21 bits per heavy atom. The van der Waals surface area contributed by atoms with Crippen LogP contribution < -0.4 is 10.2 Å². The zero-order valence-corrected chi connectivity index (χ0v) is 19.7. The average Bonchev–Trinajstić information content (AvgIpc) is 2.86. The van der Waals surface area contributed by atoms with E-state index in [9.17, 15) is 9.18 Å². The number of ether oxygens (including phenoxy) is 1. The fraction of sp³-hybridized carbons (Fsp3) is 0.269. The topological polar surface area (TPSA) is 67.3 Å². The van der Waals surface area contributed by atoms with E-state index in [1.165, 1.54) is 24.6 Å². The number of hydrogen-bond acceptors (Lipinski definition) is 6. The second-order valence-corrected chi connectivity index (χ2v) is 8.35. The summed E-state index contributed by atoms with van der Waals surface area (Å²) in [5, 5.41) is 3.16. The Labute approximate surface area is 203 Å². The van der Waals surface area contributed by atoms with Crippen LogP contribution in [-0.2, 0) is 9.53 Å². The van der Waals surface area contributed by atoms with Gasteiger partial charge in [0.25, 0.3) is 0 Å². The number of hydrogen-bond donors (Lipinski definition) is 1. The van der Waals surface area contributed by atoms with Gasteiger partial charge in [-0.2, -0.15) is 4.98 Å². The number of carbonyl (C=O) groups is 1. The van der Waals surface area contributed by atoms with Gasteiger partial charge in [-0.3, -0.25) is 0 Å². The van der Waals surface area contributed by atoms with E-state index in [4.69, 9.17) is 21.3 Å². The molecule has 1 aromatic heterocycles. The maximum Gasteiger partial charge on any atom is 0.330 e. The molecule has 0 bridgehead atoms. The molecule has 34 heavy (non-hydrogen) atoms. The number of esters is 1. The molecule has 6 nitrogen and oxygen atoms in total. The van der Waals surface area contributed by atoms with E-state index in [0.717, 1.165) is 48.4 Å². The molecule has 1 saturated heterocycles. The van der Waals surface area contributed by atoms with E-state index in [1.807, 2.05) is 24.3 Å². The third-order valence-electron chi connectivity index (χ3n) is 5.50. The number of halogens is 2. The van der Waals surface area contributed by atoms with Crippen LogP contribution in [0.4, 0.5) is 21.8 Å². The van der Waals surface area contributed by atoms with Gasteiger partial charge in [0, 0.05) is 36.6 Å². The summed E-state index contributed by atoms with van der Waals surface area (Å²) in [4.78, 5) is 23.3. The first-order valence-electron chi connectivity index (χ1n) is 11.3. The Bertz CT molecular complexity index is 1200. The molecular weight excluding hydrogens is 455 g/mol. The van der Waals surface area contributed by atoms with Gasteiger partial charge in [0.2, 0.25) is 5.95 Å². The lowest BCUT2D eigenvalue weighted by molar-refractivity contribution is -0.137. The molecule has 8 heteroatoms. The summed E-state index contributed by atoms with van der Waals surface area (Å²) < 4.78 is 18.5. The van der Waals surface area contributed by atoms with Gasteiger partial charge < -0.3 is 15.0 Å². The monoisotopic (exact) mass is 480 g/mol. The molecule has 0 unspecified atom stereocenters. The summed E-state index contributed by atoms with van der Waals surface area (Å²) in [6.45, 7) is 3.94. The van der Waals surface area contributed by atoms with E-state index >= 15 is 0 Å². The molecule has 0 amide bonds. The van der Waals surface area contributed by atoms with Crippen LogP contribution in [0.2, 0.25) is 5.02 Å². The van der Waals surface area contributed by atoms with Crippen LogP contribution in [0.15, 0.2) is 54.7 Å². The van der Waals surface area contributed by atoms with Crippen molar-refractivity contribution in [2.45, 2.75) is 26.2 Å². The van der Waals surface area contributed by atoms with Gasteiger partial charge in [0.1, 0.15) is 11.6 Å². The summed E-state index contributed by atoms with van der Waals surface area (Å²) in [6.07, 6.45) is 8.34. The molecule has 3 aromatic rings. The van der Waals surface area contributed by atoms with Gasteiger partial charge in [-0.15, -0.1) is 0 Å². The lowest BCUT2D eigenvalue weighted by atomic mass is 10.0. The van der Waals surface area contributed by atoms with Gasteiger partial charge in [0.05, 0.1) is 11.6 Å². The molecule has 0 atom stereocenters. The molecule has 1 aliphatic rings. The van der Waals surface area contributed by atoms with Crippen LogP contribution in [0.1, 0.15) is 31.7 Å². The molecule has 0 aliphatic carbocycles. The Hall–Kier alpha value is -3.45. The molecule has 0 radical (unpaired) electrons. The van der Waals surface area contributed by atoms with Crippen molar-refractivity contribution >= 4 is 41.1 Å². The van der Waals surface area contributed by atoms with Crippen molar-refractivity contribution in [1.82, 2.24) is 9.97 Å². The molecule has 4 rings (SSSR count). The minimum atomic E-state index is -0.477. The van der Waals surface area contributed by atoms with Crippen molar-refractivity contribution in [1.29, 1.82) is 0 Å². The Morgan fingerprint density at radius 3 is 2.79 bits per heavy atom. The predicted octanol–water partition coefficient (Wildman–Crippen LogP) is 6.25. The number of piperidine rings is 1. The maximum absolute atomic E-state index is 13.5. The van der Waals surface area contributed by atoms with Gasteiger partial charge >= 0.3 is 5.97 Å². The molecule has 1 N–H and O–H groups in total. The Kier molecular flexibility index (Phi) is 7.75. The van der Waals surface area contributed by atoms with Crippen LogP contribution in [0.3, 0.4) is 0 Å². The van der Waals surface area contributed by atoms with Crippen molar-refractivity contribution in [2.75, 3.05) is 29.9 Å². The fourth-order valence-corrected chi connectivity index (χ4v) is 4.03. The van der Waals surface area contributed by atoms with Crippen LogP contribution in [0, 0.1) is 5.82 Å². The smallest absolute Gasteiger partial charge is 0.330 e. The van der Waals surface area contributed by atoms with Crippen LogP contribution in [0.5, 0.6) is 0 Å². The van der Waals surface area contributed by atoms with Gasteiger partial charge in [-0.25, -0.2) is 14.2 Å². The predicted molar refractivity (Wildman–Crippen MR) is 134 cm³/mol. The highest BCUT2D eigenvalue weighted by Gasteiger charge is 2.19. The number of nitrogens with one attached hydrogen (secondary N) is 1. The largest absolute Gasteiger partial charge is 0.463 e. The SMILES string of the molecule is CCOC(=O)C=Cc1cccc(-c2cnc(Nc3ccc(F)c(Cl)c3)nc2N2CCCCC2)c1. The highest BCUT2D eigenvalue weighted by molar-refractivity contribution is 6.31. The number of rotatable bonds is 7. The normalized spacial score (nSPS) is 13.8. The molecule has 176 valence electrons. The van der Waals surface area contributed by atoms with Crippen molar-refractivity contribution in [3.63, 3.8) is 0 Å². The van der Waals surface area contributed by atoms with Crippen molar-refractivity contribution in [3.8, 4) is 11.1 Å². The number of aromatic nitrogens is 2. The quantitative estimate of drug-likeness (QED) is 0.318. The molecule has 1 aliphatic heterocycles. The average molecular weight is 481 g/mol. The molecule has 2 heterocycles. The van der Waals surface area contributed by atoms with Gasteiger partial charge in [-0.05, 0) is 67.7 Å². The first-order valence-corrected chi connectivity index (χ1v) is 11.7. The second-order valence-electron chi connectivity index (χ2n) is 7.94. The van der Waals surface area contributed by atoms with Crippen LogP contribution in [-0.4, -0.2) is 35.6 Å². The fourth-order valence-electron chi connectivity index (χ4n) is 3.85. The van der Waals surface area contributed by atoms with Crippen LogP contribution >= 0.6 is 11.6 Å². The van der Waals surface area contributed by atoms with Crippen LogP contribution in [0.25, 0.3) is 17.2 Å². The van der Waals surface area contributed by atoms with E-state index in [2.05, 4.69) is 15.2 Å². The third kappa shape index (κ3) is 5.91. The zero-order valence-electron chi connectivity index (χ0n) is 18.9. The molecule has 1 fully saturated rings. The number of anilines is 3. The number of benzene rings is 2. The van der Waals surface area contributed by atoms with E-state index in [1.54, 1.807) is 25.3 Å². The third-order valence-corrected chi connectivity index (χ3v) is 5.79. The van der Waals surface area contributed by atoms with Crippen molar-refractivity contribution in [3.05, 3.63) is 71.1 Å². The van der Waals surface area contributed by atoms with Gasteiger partial charge in [-0.1, -0.05) is 29.8 Å². The highest BCUT2D eigenvalue weighted by Crippen LogP contribution is 2.33. The number of nitrogens with zero attached hydrogens (tertiary/aromatic N) is 3.